The number of nitrogens with zero attached hydrogens (tertiary/aromatic N) is 2. The zero-order valence-corrected chi connectivity index (χ0v) is 13.1. The molecule has 0 aliphatic heterocycles. The average molecular weight is 371 g/mol. The molecule has 0 saturated carbocycles. The van der Waals surface area contributed by atoms with Crippen molar-refractivity contribution < 1.29 is 27.6 Å². The van der Waals surface area contributed by atoms with Crippen molar-refractivity contribution in [2.24, 2.45) is 0 Å². The van der Waals surface area contributed by atoms with Gasteiger partial charge in [-0.25, -0.2) is 4.79 Å². The number of aromatic carboxylic acids is 1. The van der Waals surface area contributed by atoms with Gasteiger partial charge in [0.05, 0.1) is 11.1 Å². The van der Waals surface area contributed by atoms with E-state index >= 15 is 0 Å². The van der Waals surface area contributed by atoms with Gasteiger partial charge in [-0.05, 0) is 29.8 Å². The van der Waals surface area contributed by atoms with Gasteiger partial charge in [-0.1, -0.05) is 17.3 Å². The summed E-state index contributed by atoms with van der Waals surface area (Å²) in [6.07, 6.45) is -1.89. The van der Waals surface area contributed by atoms with Crippen LogP contribution in [0.5, 0.6) is 0 Å². The number of hydrogen-bond donors (Lipinski definition) is 1. The van der Waals surface area contributed by atoms with Crippen LogP contribution in [-0.4, -0.2) is 21.2 Å². The molecule has 1 N–H and O–H groups in total. The average Bonchev–Trinajstić information content (AvgIpc) is 3.01. The summed E-state index contributed by atoms with van der Waals surface area (Å²) in [5, 5.41) is 12.4. The van der Waals surface area contributed by atoms with Crippen LogP contribution < -0.4 is 0 Å². The highest BCUT2D eigenvalue weighted by atomic mass is 35.5. The van der Waals surface area contributed by atoms with Crippen LogP contribution in [0.1, 0.15) is 16.1 Å². The number of halogens is 4. The number of carboxylic acid groups (broad SMARTS) is 1. The molecule has 1 aromatic carbocycles. The molecular weight excluding hydrogens is 361 g/mol. The molecule has 0 spiro atoms. The number of aromatic nitrogens is 2. The van der Waals surface area contributed by atoms with Crippen LogP contribution in [0.15, 0.2) is 53.3 Å². The summed E-state index contributed by atoms with van der Waals surface area (Å²) in [7, 11) is 0. The van der Waals surface area contributed by atoms with Gasteiger partial charge < -0.3 is 9.63 Å². The van der Waals surface area contributed by atoms with E-state index < -0.39 is 17.9 Å². The molecule has 0 amide bonds. The van der Waals surface area contributed by atoms with Gasteiger partial charge in [-0.15, -0.1) is 12.4 Å². The standard InChI is InChI=1S/C16H9F3N2O3.ClH/c17-16(18,19)14-12(9-3-5-10(6-4-9)15(22)23)13(21-24-14)11-2-1-7-20-8-11;/h1-8H,(H,22,23);1H. The fraction of sp³-hybridized carbons (Fsp3) is 0.0625. The molecular formula is C16H10ClF3N2O3. The second kappa shape index (κ2) is 6.94. The second-order valence-corrected chi connectivity index (χ2v) is 4.86. The van der Waals surface area contributed by atoms with Crippen molar-refractivity contribution in [2.75, 3.05) is 0 Å². The third-order valence-electron chi connectivity index (χ3n) is 3.31. The topological polar surface area (TPSA) is 76.2 Å². The molecule has 0 aliphatic carbocycles. The Balaban J connectivity index is 0.00000225. The monoisotopic (exact) mass is 370 g/mol. The highest BCUT2D eigenvalue weighted by Gasteiger charge is 2.41. The number of benzene rings is 1. The van der Waals surface area contributed by atoms with E-state index in [-0.39, 0.29) is 34.8 Å². The summed E-state index contributed by atoms with van der Waals surface area (Å²) in [5.74, 6) is -2.42. The molecule has 0 aliphatic rings. The molecule has 2 aromatic heterocycles. The van der Waals surface area contributed by atoms with E-state index in [9.17, 15) is 18.0 Å². The fourth-order valence-corrected chi connectivity index (χ4v) is 2.23. The lowest BCUT2D eigenvalue weighted by Gasteiger charge is -2.07. The smallest absolute Gasteiger partial charge is 0.453 e. The molecule has 3 aromatic rings. The van der Waals surface area contributed by atoms with Crippen LogP contribution in [0.25, 0.3) is 22.4 Å². The SMILES string of the molecule is Cl.O=C(O)c1ccc(-c2c(-c3cccnc3)noc2C(F)(F)F)cc1. The van der Waals surface area contributed by atoms with Crippen LogP contribution in [0.2, 0.25) is 0 Å². The van der Waals surface area contributed by atoms with Crippen LogP contribution >= 0.6 is 12.4 Å². The molecule has 0 fully saturated rings. The van der Waals surface area contributed by atoms with Gasteiger partial charge in [0.2, 0.25) is 5.76 Å². The highest BCUT2D eigenvalue weighted by Crippen LogP contribution is 2.42. The third kappa shape index (κ3) is 3.63. The summed E-state index contributed by atoms with van der Waals surface area (Å²) in [6.45, 7) is 0. The minimum atomic E-state index is -4.74. The van der Waals surface area contributed by atoms with E-state index in [2.05, 4.69) is 14.7 Å². The lowest BCUT2D eigenvalue weighted by molar-refractivity contribution is -0.154. The Kier molecular flexibility index (Phi) is 5.13. The number of alkyl halides is 3. The first-order valence-corrected chi connectivity index (χ1v) is 6.69. The highest BCUT2D eigenvalue weighted by molar-refractivity contribution is 5.89. The molecule has 3 rings (SSSR count). The Morgan fingerprint density at radius 3 is 2.28 bits per heavy atom. The Morgan fingerprint density at radius 1 is 1.08 bits per heavy atom. The van der Waals surface area contributed by atoms with Gasteiger partial charge in [-0.2, -0.15) is 13.2 Å². The Labute approximate surface area is 145 Å². The van der Waals surface area contributed by atoms with E-state index in [1.54, 1.807) is 12.1 Å². The van der Waals surface area contributed by atoms with Gasteiger partial charge in [0.15, 0.2) is 0 Å². The minimum Gasteiger partial charge on any atom is -0.478 e. The second-order valence-electron chi connectivity index (χ2n) is 4.86. The Bertz CT molecular complexity index is 878. The number of carbonyl (C=O) groups is 1. The summed E-state index contributed by atoms with van der Waals surface area (Å²) >= 11 is 0. The molecule has 0 atom stereocenters. The summed E-state index contributed by atoms with van der Waals surface area (Å²) < 4.78 is 44.2. The van der Waals surface area contributed by atoms with Crippen molar-refractivity contribution in [3.05, 3.63) is 60.1 Å². The van der Waals surface area contributed by atoms with Gasteiger partial charge in [-0.3, -0.25) is 4.98 Å². The summed E-state index contributed by atoms with van der Waals surface area (Å²) in [5.41, 5.74) is 0.194. The van der Waals surface area contributed by atoms with Gasteiger partial charge in [0.25, 0.3) is 0 Å². The van der Waals surface area contributed by atoms with Crippen molar-refractivity contribution in [2.45, 2.75) is 6.18 Å². The van der Waals surface area contributed by atoms with E-state index in [1.165, 1.54) is 36.7 Å². The molecule has 9 heteroatoms. The van der Waals surface area contributed by atoms with E-state index in [1.807, 2.05) is 0 Å². The number of rotatable bonds is 3. The molecule has 25 heavy (non-hydrogen) atoms. The molecule has 0 unspecified atom stereocenters. The largest absolute Gasteiger partial charge is 0.478 e. The predicted octanol–water partition coefficient (Wildman–Crippen LogP) is 4.54. The lowest BCUT2D eigenvalue weighted by atomic mass is 9.98. The third-order valence-corrected chi connectivity index (χ3v) is 3.31. The van der Waals surface area contributed by atoms with Crippen LogP contribution in [0, 0.1) is 0 Å². The zero-order valence-electron chi connectivity index (χ0n) is 12.3. The van der Waals surface area contributed by atoms with Crippen molar-refractivity contribution in [3.63, 3.8) is 0 Å². The molecule has 5 nitrogen and oxygen atoms in total. The first-order valence-electron chi connectivity index (χ1n) is 6.69. The van der Waals surface area contributed by atoms with Crippen molar-refractivity contribution >= 4 is 18.4 Å². The first kappa shape index (κ1) is 18.5. The molecule has 0 bridgehead atoms. The minimum absolute atomic E-state index is 0. The molecule has 0 saturated heterocycles. The van der Waals surface area contributed by atoms with Gasteiger partial charge in [0, 0.05) is 18.0 Å². The first-order chi connectivity index (χ1) is 11.4. The summed E-state index contributed by atoms with van der Waals surface area (Å²) in [4.78, 5) is 14.8. The maximum Gasteiger partial charge on any atom is 0.453 e. The van der Waals surface area contributed by atoms with Crippen molar-refractivity contribution in [3.8, 4) is 22.4 Å². The Hall–Kier alpha value is -2.87. The van der Waals surface area contributed by atoms with Gasteiger partial charge >= 0.3 is 12.1 Å². The number of hydrogen-bond acceptors (Lipinski definition) is 4. The normalized spacial score (nSPS) is 11.0. The lowest BCUT2D eigenvalue weighted by Crippen LogP contribution is -2.05. The maximum absolute atomic E-state index is 13.2. The molecule has 2 heterocycles. The van der Waals surface area contributed by atoms with E-state index in [0.29, 0.717) is 5.56 Å². The number of pyridine rings is 1. The van der Waals surface area contributed by atoms with E-state index in [4.69, 9.17) is 5.11 Å². The zero-order chi connectivity index (χ0) is 17.3. The van der Waals surface area contributed by atoms with Crippen LogP contribution in [0.4, 0.5) is 13.2 Å². The van der Waals surface area contributed by atoms with Crippen molar-refractivity contribution in [1.29, 1.82) is 0 Å². The van der Waals surface area contributed by atoms with Crippen LogP contribution in [0.3, 0.4) is 0 Å². The fourth-order valence-electron chi connectivity index (χ4n) is 2.23. The predicted molar refractivity (Wildman–Crippen MR) is 84.4 cm³/mol. The number of carboxylic acids is 1. The van der Waals surface area contributed by atoms with Crippen molar-refractivity contribution in [1.82, 2.24) is 10.1 Å². The Morgan fingerprint density at radius 2 is 1.76 bits per heavy atom. The van der Waals surface area contributed by atoms with Gasteiger partial charge in [0.1, 0.15) is 5.69 Å². The van der Waals surface area contributed by atoms with Crippen LogP contribution in [-0.2, 0) is 6.18 Å². The molecule has 130 valence electrons. The quantitative estimate of drug-likeness (QED) is 0.732. The molecule has 0 radical (unpaired) electrons. The van der Waals surface area contributed by atoms with E-state index in [0.717, 1.165) is 0 Å². The summed E-state index contributed by atoms with van der Waals surface area (Å²) in [6, 6.07) is 8.13. The maximum atomic E-state index is 13.2.